The zero-order valence-corrected chi connectivity index (χ0v) is 13.3. The smallest absolute Gasteiger partial charge is 0.269 e. The molecule has 2 aromatic heterocycles. The molecule has 0 aliphatic heterocycles. The van der Waals surface area contributed by atoms with E-state index in [1.807, 2.05) is 6.07 Å². The number of halogens is 2. The fraction of sp³-hybridized carbons (Fsp3) is 0.167. The molecule has 0 aromatic carbocycles. The van der Waals surface area contributed by atoms with Crippen LogP contribution in [0.5, 0.6) is 0 Å². The molecule has 6 heteroatoms. The number of thiophene rings is 1. The van der Waals surface area contributed by atoms with Crippen molar-refractivity contribution in [1.82, 2.24) is 10.3 Å². The van der Waals surface area contributed by atoms with Gasteiger partial charge in [-0.05, 0) is 62.5 Å². The van der Waals surface area contributed by atoms with E-state index in [2.05, 4.69) is 48.2 Å². The highest BCUT2D eigenvalue weighted by Gasteiger charge is 2.07. The van der Waals surface area contributed by atoms with Crippen molar-refractivity contribution < 1.29 is 4.79 Å². The molecule has 1 N–H and O–H groups in total. The number of nitrogens with one attached hydrogen (secondary N) is 1. The zero-order chi connectivity index (χ0) is 13.0. The number of aromatic nitrogens is 1. The molecule has 0 saturated heterocycles. The van der Waals surface area contributed by atoms with Crippen LogP contribution in [-0.4, -0.2) is 17.4 Å². The second-order valence-electron chi connectivity index (χ2n) is 3.56. The molecule has 0 saturated carbocycles. The fourth-order valence-electron chi connectivity index (χ4n) is 1.41. The van der Waals surface area contributed by atoms with Crippen molar-refractivity contribution in [2.45, 2.75) is 6.42 Å². The minimum Gasteiger partial charge on any atom is -0.350 e. The van der Waals surface area contributed by atoms with Gasteiger partial charge in [-0.3, -0.25) is 4.79 Å². The minimum absolute atomic E-state index is 0.146. The summed E-state index contributed by atoms with van der Waals surface area (Å²) in [5.74, 6) is -0.146. The first-order chi connectivity index (χ1) is 8.65. The van der Waals surface area contributed by atoms with Crippen molar-refractivity contribution in [2.75, 3.05) is 6.54 Å². The second-order valence-corrected chi connectivity index (χ2v) is 6.92. The van der Waals surface area contributed by atoms with Crippen LogP contribution in [0.3, 0.4) is 0 Å². The molecule has 94 valence electrons. The molecule has 2 rings (SSSR count). The van der Waals surface area contributed by atoms with Gasteiger partial charge in [0, 0.05) is 11.4 Å². The first kappa shape index (κ1) is 13.7. The number of hydrogen-bond acceptors (Lipinski definition) is 3. The van der Waals surface area contributed by atoms with Crippen LogP contribution in [0.25, 0.3) is 0 Å². The summed E-state index contributed by atoms with van der Waals surface area (Å²) < 4.78 is 1.77. The Kier molecular flexibility index (Phi) is 4.91. The molecule has 0 atom stereocenters. The Labute approximate surface area is 126 Å². The van der Waals surface area contributed by atoms with E-state index < -0.39 is 0 Å². The Bertz CT molecular complexity index is 557. The van der Waals surface area contributed by atoms with Gasteiger partial charge in [0.2, 0.25) is 0 Å². The fourth-order valence-corrected chi connectivity index (χ4v) is 3.24. The summed E-state index contributed by atoms with van der Waals surface area (Å²) >= 11 is 8.34. The lowest BCUT2D eigenvalue weighted by molar-refractivity contribution is 0.0949. The Morgan fingerprint density at radius 2 is 2.11 bits per heavy atom. The zero-order valence-electron chi connectivity index (χ0n) is 9.32. The van der Waals surface area contributed by atoms with Crippen molar-refractivity contribution >= 4 is 49.1 Å². The molecule has 0 radical (unpaired) electrons. The van der Waals surface area contributed by atoms with E-state index >= 15 is 0 Å². The van der Waals surface area contributed by atoms with E-state index in [1.165, 1.54) is 4.88 Å². The van der Waals surface area contributed by atoms with Crippen LogP contribution < -0.4 is 5.32 Å². The van der Waals surface area contributed by atoms with Crippen LogP contribution >= 0.6 is 43.2 Å². The predicted molar refractivity (Wildman–Crippen MR) is 80.0 cm³/mol. The molecular weight excluding hydrogens is 380 g/mol. The normalized spacial score (nSPS) is 10.3. The highest BCUT2D eigenvalue weighted by atomic mass is 79.9. The minimum atomic E-state index is -0.146. The number of carbonyl (C=O) groups excluding carboxylic acids is 1. The topological polar surface area (TPSA) is 42.0 Å². The lowest BCUT2D eigenvalue weighted by Crippen LogP contribution is -2.26. The van der Waals surface area contributed by atoms with Crippen LogP contribution in [-0.2, 0) is 6.42 Å². The molecule has 0 spiro atoms. The maximum Gasteiger partial charge on any atom is 0.269 e. The van der Waals surface area contributed by atoms with E-state index in [0.717, 1.165) is 10.2 Å². The number of hydrogen-bond donors (Lipinski definition) is 1. The molecule has 0 fully saturated rings. The van der Waals surface area contributed by atoms with Gasteiger partial charge in [-0.15, -0.1) is 11.3 Å². The van der Waals surface area contributed by atoms with E-state index in [4.69, 9.17) is 0 Å². The standard InChI is InChI=1S/C12H10Br2N2OS/c13-10-3-1-2-9(16-10)12(17)15-7-6-8-4-5-11(14)18-8/h1-5H,6-7H2,(H,15,17). The third kappa shape index (κ3) is 3.90. The highest BCUT2D eigenvalue weighted by molar-refractivity contribution is 9.11. The molecule has 2 aromatic rings. The number of pyridine rings is 1. The number of carbonyl (C=O) groups is 1. The summed E-state index contributed by atoms with van der Waals surface area (Å²) in [6.45, 7) is 0.611. The second kappa shape index (κ2) is 6.45. The lowest BCUT2D eigenvalue weighted by Gasteiger charge is -2.03. The maximum absolute atomic E-state index is 11.8. The van der Waals surface area contributed by atoms with Gasteiger partial charge in [0.05, 0.1) is 3.79 Å². The van der Waals surface area contributed by atoms with E-state index in [1.54, 1.807) is 29.5 Å². The van der Waals surface area contributed by atoms with Crippen LogP contribution in [0.2, 0.25) is 0 Å². The van der Waals surface area contributed by atoms with Gasteiger partial charge < -0.3 is 5.32 Å². The summed E-state index contributed by atoms with van der Waals surface area (Å²) in [4.78, 5) is 17.1. The molecular formula is C12H10Br2N2OS. The van der Waals surface area contributed by atoms with Crippen molar-refractivity contribution in [1.29, 1.82) is 0 Å². The highest BCUT2D eigenvalue weighted by Crippen LogP contribution is 2.22. The Morgan fingerprint density at radius 1 is 1.28 bits per heavy atom. The summed E-state index contributed by atoms with van der Waals surface area (Å²) in [5, 5.41) is 2.85. The van der Waals surface area contributed by atoms with E-state index in [0.29, 0.717) is 16.8 Å². The van der Waals surface area contributed by atoms with Crippen molar-refractivity contribution in [3.63, 3.8) is 0 Å². The van der Waals surface area contributed by atoms with Gasteiger partial charge in [0.15, 0.2) is 0 Å². The molecule has 3 nitrogen and oxygen atoms in total. The Hall–Kier alpha value is -0.720. The van der Waals surface area contributed by atoms with E-state index in [9.17, 15) is 4.79 Å². The monoisotopic (exact) mass is 388 g/mol. The quantitative estimate of drug-likeness (QED) is 0.811. The average molecular weight is 390 g/mol. The average Bonchev–Trinajstić information content (AvgIpc) is 2.75. The first-order valence-corrected chi connectivity index (χ1v) is 7.70. The lowest BCUT2D eigenvalue weighted by atomic mass is 10.3. The molecule has 0 unspecified atom stereocenters. The van der Waals surface area contributed by atoms with Crippen LogP contribution in [0, 0.1) is 0 Å². The SMILES string of the molecule is O=C(NCCc1ccc(Br)s1)c1cccc(Br)n1. The summed E-state index contributed by atoms with van der Waals surface area (Å²) in [6.07, 6.45) is 0.829. The Balaban J connectivity index is 1.85. The number of nitrogens with zero attached hydrogens (tertiary/aromatic N) is 1. The largest absolute Gasteiger partial charge is 0.350 e. The summed E-state index contributed by atoms with van der Waals surface area (Å²) in [5.41, 5.74) is 0.428. The van der Waals surface area contributed by atoms with Crippen LogP contribution in [0.1, 0.15) is 15.4 Å². The van der Waals surface area contributed by atoms with Gasteiger partial charge in [0.1, 0.15) is 10.3 Å². The first-order valence-electron chi connectivity index (χ1n) is 5.30. The van der Waals surface area contributed by atoms with Gasteiger partial charge in [0.25, 0.3) is 5.91 Å². The molecule has 0 aliphatic carbocycles. The summed E-state index contributed by atoms with van der Waals surface area (Å²) in [7, 11) is 0. The molecule has 18 heavy (non-hydrogen) atoms. The maximum atomic E-state index is 11.8. The predicted octanol–water partition coefficient (Wildman–Crippen LogP) is 3.64. The van der Waals surface area contributed by atoms with Gasteiger partial charge in [-0.2, -0.15) is 0 Å². The van der Waals surface area contributed by atoms with Gasteiger partial charge in [-0.1, -0.05) is 6.07 Å². The number of rotatable bonds is 4. The van der Waals surface area contributed by atoms with Crippen LogP contribution in [0.4, 0.5) is 0 Å². The van der Waals surface area contributed by atoms with Crippen molar-refractivity contribution in [2.24, 2.45) is 0 Å². The molecule has 1 amide bonds. The Morgan fingerprint density at radius 3 is 2.78 bits per heavy atom. The van der Waals surface area contributed by atoms with Gasteiger partial charge in [-0.25, -0.2) is 4.98 Å². The van der Waals surface area contributed by atoms with Crippen molar-refractivity contribution in [3.8, 4) is 0 Å². The molecule has 2 heterocycles. The molecule has 0 aliphatic rings. The summed E-state index contributed by atoms with van der Waals surface area (Å²) in [6, 6.07) is 9.35. The molecule has 0 bridgehead atoms. The van der Waals surface area contributed by atoms with Crippen LogP contribution in [0.15, 0.2) is 38.7 Å². The third-order valence-electron chi connectivity index (χ3n) is 2.23. The van der Waals surface area contributed by atoms with Crippen molar-refractivity contribution in [3.05, 3.63) is 49.3 Å². The number of amides is 1. The third-order valence-corrected chi connectivity index (χ3v) is 4.36. The van der Waals surface area contributed by atoms with Gasteiger partial charge >= 0.3 is 0 Å². The van der Waals surface area contributed by atoms with E-state index in [-0.39, 0.29) is 5.91 Å².